The summed E-state index contributed by atoms with van der Waals surface area (Å²) in [6.07, 6.45) is 0. The molecule has 0 radical (unpaired) electrons. The molecule has 0 bridgehead atoms. The van der Waals surface area contributed by atoms with E-state index in [0.717, 1.165) is 0 Å². The Morgan fingerprint density at radius 1 is 0.581 bits per heavy atom. The SMILES string of the molecule is CC(C)N(c1ccccc1)c1ccc2c(c1)C(C)(C)c1cc(-c3ccccc3)ccc1-2. The van der Waals surface area contributed by atoms with Crippen molar-refractivity contribution in [1.82, 2.24) is 0 Å². The molecule has 1 heteroatoms. The molecule has 4 aromatic carbocycles. The summed E-state index contributed by atoms with van der Waals surface area (Å²) in [6, 6.07) is 35.7. The maximum atomic E-state index is 2.43. The number of hydrogen-bond acceptors (Lipinski definition) is 1. The van der Waals surface area contributed by atoms with Crippen molar-refractivity contribution >= 4 is 11.4 Å². The lowest BCUT2D eigenvalue weighted by atomic mass is 9.81. The van der Waals surface area contributed by atoms with E-state index in [4.69, 9.17) is 0 Å². The van der Waals surface area contributed by atoms with E-state index >= 15 is 0 Å². The highest BCUT2D eigenvalue weighted by Crippen LogP contribution is 2.51. The second-order valence-electron chi connectivity index (χ2n) is 9.28. The van der Waals surface area contributed by atoms with Gasteiger partial charge in [-0.1, -0.05) is 80.6 Å². The van der Waals surface area contributed by atoms with Crippen LogP contribution in [-0.4, -0.2) is 6.04 Å². The van der Waals surface area contributed by atoms with Crippen molar-refractivity contribution in [2.45, 2.75) is 39.2 Å². The first-order valence-electron chi connectivity index (χ1n) is 11.2. The Kier molecular flexibility index (Phi) is 4.70. The van der Waals surface area contributed by atoms with E-state index in [0.29, 0.717) is 6.04 Å². The van der Waals surface area contributed by atoms with Gasteiger partial charge in [0.1, 0.15) is 0 Å². The first-order chi connectivity index (χ1) is 15.0. The van der Waals surface area contributed by atoms with E-state index in [1.54, 1.807) is 0 Å². The molecule has 0 aromatic heterocycles. The van der Waals surface area contributed by atoms with Crippen LogP contribution in [0.4, 0.5) is 11.4 Å². The van der Waals surface area contributed by atoms with E-state index in [9.17, 15) is 0 Å². The van der Waals surface area contributed by atoms with E-state index in [-0.39, 0.29) is 5.41 Å². The molecular weight excluding hydrogens is 374 g/mol. The summed E-state index contributed by atoms with van der Waals surface area (Å²) in [5.74, 6) is 0. The smallest absolute Gasteiger partial charge is 0.0416 e. The largest absolute Gasteiger partial charge is 0.339 e. The number of anilines is 2. The van der Waals surface area contributed by atoms with Gasteiger partial charge < -0.3 is 4.90 Å². The third-order valence-corrected chi connectivity index (χ3v) is 6.60. The minimum absolute atomic E-state index is 0.0369. The van der Waals surface area contributed by atoms with Crippen molar-refractivity contribution in [2.24, 2.45) is 0 Å². The molecule has 0 fully saturated rings. The highest BCUT2D eigenvalue weighted by Gasteiger charge is 2.36. The molecule has 0 N–H and O–H groups in total. The average molecular weight is 404 g/mol. The predicted molar refractivity (Wildman–Crippen MR) is 133 cm³/mol. The summed E-state index contributed by atoms with van der Waals surface area (Å²) < 4.78 is 0. The molecule has 1 aliphatic carbocycles. The quantitative estimate of drug-likeness (QED) is 0.332. The van der Waals surface area contributed by atoms with Gasteiger partial charge in [-0.15, -0.1) is 0 Å². The van der Waals surface area contributed by atoms with Crippen LogP contribution in [0.2, 0.25) is 0 Å². The number of benzene rings is 4. The first-order valence-corrected chi connectivity index (χ1v) is 11.2. The summed E-state index contributed by atoms with van der Waals surface area (Å²) in [5, 5.41) is 0. The van der Waals surface area contributed by atoms with Gasteiger partial charge in [0.05, 0.1) is 0 Å². The minimum Gasteiger partial charge on any atom is -0.339 e. The highest BCUT2D eigenvalue weighted by atomic mass is 15.2. The Hall–Kier alpha value is -3.32. The molecule has 0 atom stereocenters. The fourth-order valence-electron chi connectivity index (χ4n) is 5.02. The van der Waals surface area contributed by atoms with Gasteiger partial charge in [-0.3, -0.25) is 0 Å². The van der Waals surface area contributed by atoms with Crippen molar-refractivity contribution in [2.75, 3.05) is 4.90 Å². The Balaban J connectivity index is 1.61. The van der Waals surface area contributed by atoms with Crippen LogP contribution in [0, 0.1) is 0 Å². The van der Waals surface area contributed by atoms with Gasteiger partial charge in [0, 0.05) is 22.8 Å². The number of nitrogens with zero attached hydrogens (tertiary/aromatic N) is 1. The van der Waals surface area contributed by atoms with Crippen LogP contribution in [0.5, 0.6) is 0 Å². The van der Waals surface area contributed by atoms with Gasteiger partial charge in [-0.05, 0) is 77.6 Å². The topological polar surface area (TPSA) is 3.24 Å². The Morgan fingerprint density at radius 3 is 1.81 bits per heavy atom. The van der Waals surface area contributed by atoms with Crippen molar-refractivity contribution in [3.05, 3.63) is 108 Å². The molecule has 0 aliphatic heterocycles. The minimum atomic E-state index is -0.0369. The van der Waals surface area contributed by atoms with Crippen molar-refractivity contribution in [3.8, 4) is 22.3 Å². The van der Waals surface area contributed by atoms with Crippen molar-refractivity contribution in [3.63, 3.8) is 0 Å². The molecule has 0 saturated carbocycles. The van der Waals surface area contributed by atoms with Crippen LogP contribution >= 0.6 is 0 Å². The maximum absolute atomic E-state index is 2.43. The van der Waals surface area contributed by atoms with Gasteiger partial charge in [0.2, 0.25) is 0 Å². The summed E-state index contributed by atoms with van der Waals surface area (Å²) in [6.45, 7) is 9.23. The Morgan fingerprint density at radius 2 is 1.16 bits per heavy atom. The molecule has 5 rings (SSSR count). The Labute approximate surface area is 186 Å². The standard InChI is InChI=1S/C30H29N/c1-21(2)31(24-13-9-6-10-14-24)25-16-18-27-26-17-15-23(22-11-7-5-8-12-22)19-28(26)30(3,4)29(27)20-25/h5-21H,1-4H3. The second kappa shape index (κ2) is 7.42. The molecule has 31 heavy (non-hydrogen) atoms. The number of fused-ring (bicyclic) bond motifs is 3. The van der Waals surface area contributed by atoms with Gasteiger partial charge in [0.25, 0.3) is 0 Å². The summed E-state index contributed by atoms with van der Waals surface area (Å²) in [5.41, 5.74) is 10.6. The summed E-state index contributed by atoms with van der Waals surface area (Å²) in [4.78, 5) is 2.43. The summed E-state index contributed by atoms with van der Waals surface area (Å²) >= 11 is 0. The maximum Gasteiger partial charge on any atom is 0.0416 e. The lowest BCUT2D eigenvalue weighted by Gasteiger charge is -2.31. The van der Waals surface area contributed by atoms with Gasteiger partial charge in [-0.2, -0.15) is 0 Å². The fraction of sp³-hybridized carbons (Fsp3) is 0.200. The lowest BCUT2D eigenvalue weighted by molar-refractivity contribution is 0.659. The zero-order valence-corrected chi connectivity index (χ0v) is 18.8. The molecule has 0 amide bonds. The van der Waals surface area contributed by atoms with E-state index in [1.807, 2.05) is 0 Å². The molecule has 0 spiro atoms. The second-order valence-corrected chi connectivity index (χ2v) is 9.28. The fourth-order valence-corrected chi connectivity index (χ4v) is 5.02. The van der Waals surface area contributed by atoms with Crippen LogP contribution in [0.3, 0.4) is 0 Å². The molecule has 4 aromatic rings. The summed E-state index contributed by atoms with van der Waals surface area (Å²) in [7, 11) is 0. The van der Waals surface area contributed by atoms with Gasteiger partial charge in [-0.25, -0.2) is 0 Å². The zero-order chi connectivity index (χ0) is 21.6. The molecule has 154 valence electrons. The van der Waals surface area contributed by atoms with E-state index < -0.39 is 0 Å². The number of para-hydroxylation sites is 1. The van der Waals surface area contributed by atoms with Crippen molar-refractivity contribution < 1.29 is 0 Å². The predicted octanol–water partition coefficient (Wildman–Crippen LogP) is 8.21. The molecule has 1 aliphatic rings. The zero-order valence-electron chi connectivity index (χ0n) is 18.8. The molecular formula is C30H29N. The van der Waals surface area contributed by atoms with Crippen LogP contribution in [0.1, 0.15) is 38.8 Å². The van der Waals surface area contributed by atoms with E-state index in [2.05, 4.69) is 130 Å². The third-order valence-electron chi connectivity index (χ3n) is 6.60. The molecule has 0 saturated heterocycles. The van der Waals surface area contributed by atoms with Crippen LogP contribution in [0.25, 0.3) is 22.3 Å². The van der Waals surface area contributed by atoms with Crippen LogP contribution in [0.15, 0.2) is 97.1 Å². The number of hydrogen-bond donors (Lipinski definition) is 0. The molecule has 0 unspecified atom stereocenters. The average Bonchev–Trinajstić information content (AvgIpc) is 3.01. The third kappa shape index (κ3) is 3.25. The Bertz CT molecular complexity index is 1220. The van der Waals surface area contributed by atoms with Crippen molar-refractivity contribution in [1.29, 1.82) is 0 Å². The molecule has 0 heterocycles. The normalized spacial score (nSPS) is 13.7. The lowest BCUT2D eigenvalue weighted by Crippen LogP contribution is -2.26. The molecule has 1 nitrogen and oxygen atoms in total. The monoisotopic (exact) mass is 403 g/mol. The number of rotatable bonds is 4. The first kappa shape index (κ1) is 19.6. The van der Waals surface area contributed by atoms with E-state index in [1.165, 1.54) is 44.8 Å². The highest BCUT2D eigenvalue weighted by molar-refractivity contribution is 5.85. The van der Waals surface area contributed by atoms with Crippen LogP contribution < -0.4 is 4.90 Å². The van der Waals surface area contributed by atoms with Gasteiger partial charge >= 0.3 is 0 Å². The van der Waals surface area contributed by atoms with Gasteiger partial charge in [0.15, 0.2) is 0 Å². The van der Waals surface area contributed by atoms with Crippen LogP contribution in [-0.2, 0) is 5.41 Å².